The molecule has 0 spiro atoms. The van der Waals surface area contributed by atoms with Gasteiger partial charge in [-0.15, -0.1) is 6.58 Å². The van der Waals surface area contributed by atoms with Gasteiger partial charge in [-0.3, -0.25) is 0 Å². The molecule has 0 amide bonds. The Morgan fingerprint density at radius 3 is 2.47 bits per heavy atom. The van der Waals surface area contributed by atoms with Crippen molar-refractivity contribution in [1.82, 2.24) is 9.97 Å². The van der Waals surface area contributed by atoms with E-state index in [-0.39, 0.29) is 6.54 Å². The van der Waals surface area contributed by atoms with Crippen LogP contribution in [0.1, 0.15) is 5.69 Å². The van der Waals surface area contributed by atoms with E-state index in [2.05, 4.69) is 26.6 Å². The van der Waals surface area contributed by atoms with Crippen LogP contribution in [0.3, 0.4) is 0 Å². The van der Waals surface area contributed by atoms with Gasteiger partial charge in [-0.2, -0.15) is 26.9 Å². The number of hydrogen-bond donors (Lipinski definition) is 1. The third kappa shape index (κ3) is 4.19. The second kappa shape index (κ2) is 6.00. The molecule has 1 aromatic heterocycles. The molecule has 0 radical (unpaired) electrons. The Morgan fingerprint density at radius 2 is 2.00 bits per heavy atom. The van der Waals surface area contributed by atoms with Crippen LogP contribution in [0.25, 0.3) is 0 Å². The van der Waals surface area contributed by atoms with Gasteiger partial charge in [0.2, 0.25) is 5.95 Å². The number of anilines is 1. The summed E-state index contributed by atoms with van der Waals surface area (Å²) in [5.74, 6) is -1.79. The Bertz CT molecular complexity index is 466. The zero-order valence-corrected chi connectivity index (χ0v) is 9.90. The van der Waals surface area contributed by atoms with Crippen LogP contribution in [0.5, 0.6) is 5.75 Å². The van der Waals surface area contributed by atoms with Crippen LogP contribution in [0.15, 0.2) is 12.7 Å². The summed E-state index contributed by atoms with van der Waals surface area (Å²) in [5.41, 5.74) is -1.68. The number of alkyl halides is 5. The van der Waals surface area contributed by atoms with E-state index >= 15 is 0 Å². The third-order valence-electron chi connectivity index (χ3n) is 1.70. The molecule has 1 heterocycles. The second-order valence-electron chi connectivity index (χ2n) is 3.06. The van der Waals surface area contributed by atoms with Gasteiger partial charge in [-0.1, -0.05) is 17.7 Å². The molecule has 0 aliphatic carbocycles. The van der Waals surface area contributed by atoms with Gasteiger partial charge in [-0.25, -0.2) is 4.98 Å². The number of aromatic nitrogens is 2. The smallest absolute Gasteiger partial charge is 0.429 e. The molecule has 1 aromatic rings. The highest BCUT2D eigenvalue weighted by atomic mass is 35.5. The Morgan fingerprint density at radius 1 is 1.37 bits per heavy atom. The molecule has 0 atom stereocenters. The molecule has 0 aliphatic heterocycles. The Balaban J connectivity index is 3.26. The van der Waals surface area contributed by atoms with Crippen molar-refractivity contribution in [1.29, 1.82) is 0 Å². The van der Waals surface area contributed by atoms with E-state index in [1.165, 1.54) is 6.08 Å². The van der Waals surface area contributed by atoms with Crippen molar-refractivity contribution in [2.75, 3.05) is 11.9 Å². The maximum absolute atomic E-state index is 12.7. The molecule has 0 unspecified atom stereocenters. The lowest BCUT2D eigenvalue weighted by Gasteiger charge is -2.14. The number of nitrogens with zero attached hydrogens (tertiary/aromatic N) is 2. The molecule has 0 saturated carbocycles. The number of rotatable bonds is 5. The van der Waals surface area contributed by atoms with Crippen LogP contribution in [-0.2, 0) is 6.18 Å². The first-order chi connectivity index (χ1) is 8.75. The van der Waals surface area contributed by atoms with Gasteiger partial charge in [0.25, 0.3) is 0 Å². The minimum Gasteiger partial charge on any atom is -0.429 e. The molecule has 19 heavy (non-hydrogen) atoms. The fourth-order valence-electron chi connectivity index (χ4n) is 1.05. The summed E-state index contributed by atoms with van der Waals surface area (Å²) in [4.78, 5) is 6.43. The van der Waals surface area contributed by atoms with E-state index < -0.39 is 35.3 Å². The SMILES string of the molecule is C=CCNc1nc(Cl)c(OC(F)F)c(C(F)(F)F)n1. The van der Waals surface area contributed by atoms with E-state index in [0.717, 1.165) is 0 Å². The topological polar surface area (TPSA) is 47.0 Å². The van der Waals surface area contributed by atoms with Gasteiger partial charge in [0.1, 0.15) is 0 Å². The number of ether oxygens (including phenoxy) is 1. The molecule has 0 fully saturated rings. The van der Waals surface area contributed by atoms with Gasteiger partial charge < -0.3 is 10.1 Å². The third-order valence-corrected chi connectivity index (χ3v) is 1.96. The lowest BCUT2D eigenvalue weighted by Crippen LogP contribution is -2.17. The highest BCUT2D eigenvalue weighted by molar-refractivity contribution is 6.31. The van der Waals surface area contributed by atoms with Crippen molar-refractivity contribution in [2.24, 2.45) is 0 Å². The molecule has 4 nitrogen and oxygen atoms in total. The summed E-state index contributed by atoms with van der Waals surface area (Å²) in [5, 5.41) is 1.49. The number of halogens is 6. The summed E-state index contributed by atoms with van der Waals surface area (Å²) in [6.07, 6.45) is -3.67. The van der Waals surface area contributed by atoms with E-state index in [1.54, 1.807) is 0 Å². The standard InChI is InChI=1S/C9H7ClF5N3O/c1-2-3-16-8-17-5(9(13,14)15)4(6(10)18-8)19-7(11)12/h2,7H,1,3H2,(H,16,17,18). The summed E-state index contributed by atoms with van der Waals surface area (Å²) in [7, 11) is 0. The molecular formula is C9H7ClF5N3O. The maximum Gasteiger partial charge on any atom is 0.437 e. The quantitative estimate of drug-likeness (QED) is 0.515. The molecule has 10 heteroatoms. The molecule has 1 rings (SSSR count). The molecule has 1 N–H and O–H groups in total. The minimum absolute atomic E-state index is 0.0721. The monoisotopic (exact) mass is 303 g/mol. The molecule has 106 valence electrons. The summed E-state index contributed by atoms with van der Waals surface area (Å²) in [6, 6.07) is 0. The molecule has 0 bridgehead atoms. The van der Waals surface area contributed by atoms with Crippen LogP contribution >= 0.6 is 11.6 Å². The predicted octanol–water partition coefficient (Wildman–Crippen LogP) is 3.35. The zero-order chi connectivity index (χ0) is 14.6. The van der Waals surface area contributed by atoms with Gasteiger partial charge in [0.05, 0.1) is 0 Å². The second-order valence-corrected chi connectivity index (χ2v) is 3.42. The average Bonchev–Trinajstić information content (AvgIpc) is 2.27. The van der Waals surface area contributed by atoms with Crippen LogP contribution in [0.4, 0.5) is 27.9 Å². The average molecular weight is 304 g/mol. The van der Waals surface area contributed by atoms with Crippen molar-refractivity contribution < 1.29 is 26.7 Å². The van der Waals surface area contributed by atoms with E-state index in [9.17, 15) is 22.0 Å². The molecular weight excluding hydrogens is 297 g/mol. The minimum atomic E-state index is -5.01. The van der Waals surface area contributed by atoms with Crippen molar-refractivity contribution in [3.05, 3.63) is 23.5 Å². The van der Waals surface area contributed by atoms with Gasteiger partial charge in [0.15, 0.2) is 16.6 Å². The van der Waals surface area contributed by atoms with Crippen LogP contribution in [-0.4, -0.2) is 23.1 Å². The van der Waals surface area contributed by atoms with Gasteiger partial charge in [0, 0.05) is 6.54 Å². The fourth-order valence-corrected chi connectivity index (χ4v) is 1.27. The Hall–Kier alpha value is -1.64. The Labute approximate surface area is 109 Å². The van der Waals surface area contributed by atoms with Crippen LogP contribution in [0.2, 0.25) is 5.15 Å². The fraction of sp³-hybridized carbons (Fsp3) is 0.333. The molecule has 0 aromatic carbocycles. The van der Waals surface area contributed by atoms with Crippen LogP contribution < -0.4 is 10.1 Å². The van der Waals surface area contributed by atoms with E-state index in [0.29, 0.717) is 0 Å². The zero-order valence-electron chi connectivity index (χ0n) is 9.14. The first kappa shape index (κ1) is 15.4. The van der Waals surface area contributed by atoms with E-state index in [4.69, 9.17) is 11.6 Å². The lowest BCUT2D eigenvalue weighted by molar-refractivity contribution is -0.145. The number of nitrogens with one attached hydrogen (secondary N) is 1. The van der Waals surface area contributed by atoms with E-state index in [1.807, 2.05) is 0 Å². The lowest BCUT2D eigenvalue weighted by atomic mass is 10.3. The molecule has 0 aliphatic rings. The number of hydrogen-bond acceptors (Lipinski definition) is 4. The highest BCUT2D eigenvalue weighted by Gasteiger charge is 2.39. The van der Waals surface area contributed by atoms with Crippen molar-refractivity contribution in [3.63, 3.8) is 0 Å². The highest BCUT2D eigenvalue weighted by Crippen LogP contribution is 2.39. The Kier molecular flexibility index (Phi) is 4.87. The first-order valence-corrected chi connectivity index (χ1v) is 5.07. The van der Waals surface area contributed by atoms with Crippen molar-refractivity contribution in [3.8, 4) is 5.75 Å². The molecule has 0 saturated heterocycles. The largest absolute Gasteiger partial charge is 0.437 e. The van der Waals surface area contributed by atoms with Crippen LogP contribution in [0, 0.1) is 0 Å². The summed E-state index contributed by atoms with van der Waals surface area (Å²) >= 11 is 5.39. The van der Waals surface area contributed by atoms with Crippen molar-refractivity contribution in [2.45, 2.75) is 12.8 Å². The van der Waals surface area contributed by atoms with Gasteiger partial charge in [-0.05, 0) is 0 Å². The van der Waals surface area contributed by atoms with Crippen molar-refractivity contribution >= 4 is 17.5 Å². The van der Waals surface area contributed by atoms with Gasteiger partial charge >= 0.3 is 12.8 Å². The summed E-state index contributed by atoms with van der Waals surface area (Å²) < 4.78 is 65.8. The first-order valence-electron chi connectivity index (χ1n) is 4.70. The maximum atomic E-state index is 12.7. The predicted molar refractivity (Wildman–Crippen MR) is 57.4 cm³/mol. The summed E-state index contributed by atoms with van der Waals surface area (Å²) in [6.45, 7) is -0.0764. The normalized spacial score (nSPS) is 11.5.